The van der Waals surface area contributed by atoms with E-state index in [2.05, 4.69) is 33.4 Å². The number of fused-ring (bicyclic) bond motifs is 1. The van der Waals surface area contributed by atoms with Crippen molar-refractivity contribution in [2.45, 2.75) is 25.0 Å². The zero-order valence-corrected chi connectivity index (χ0v) is 13.0. The Balaban J connectivity index is 1.72. The number of rotatable bonds is 4. The van der Waals surface area contributed by atoms with Crippen molar-refractivity contribution in [3.63, 3.8) is 0 Å². The van der Waals surface area contributed by atoms with Crippen molar-refractivity contribution < 1.29 is 14.6 Å². The molecule has 3 rings (SSSR count). The highest BCUT2D eigenvalue weighted by molar-refractivity contribution is 9.10. The fourth-order valence-electron chi connectivity index (χ4n) is 2.68. The van der Waals surface area contributed by atoms with E-state index in [1.165, 1.54) is 0 Å². The molecule has 0 aromatic heterocycles. The third-order valence-corrected chi connectivity index (χ3v) is 4.47. The molecule has 1 fully saturated rings. The van der Waals surface area contributed by atoms with Crippen molar-refractivity contribution in [3.8, 4) is 0 Å². The highest BCUT2D eigenvalue weighted by atomic mass is 79.9. The number of halogens is 1. The van der Waals surface area contributed by atoms with Crippen LogP contribution in [0.15, 0.2) is 40.9 Å². The normalized spacial score (nSPS) is 21.6. The first kappa shape index (κ1) is 14.4. The number of carbonyl (C=O) groups is 1. The summed E-state index contributed by atoms with van der Waals surface area (Å²) in [6.07, 6.45) is 0.660. The second-order valence-corrected chi connectivity index (χ2v) is 6.04. The van der Waals surface area contributed by atoms with Crippen LogP contribution in [-0.2, 0) is 9.53 Å². The summed E-state index contributed by atoms with van der Waals surface area (Å²) in [6, 6.07) is 12.2. The topological polar surface area (TPSA) is 58.6 Å². The SMILES string of the molecule is O=C(O)C1CCC(CNc2ccc(Br)c3ccccc23)O1. The lowest BCUT2D eigenvalue weighted by molar-refractivity contribution is -0.149. The van der Waals surface area contributed by atoms with Gasteiger partial charge in [0.2, 0.25) is 0 Å². The summed E-state index contributed by atoms with van der Waals surface area (Å²) in [5, 5.41) is 14.6. The highest BCUT2D eigenvalue weighted by Gasteiger charge is 2.30. The van der Waals surface area contributed by atoms with Crippen LogP contribution in [0.4, 0.5) is 5.69 Å². The van der Waals surface area contributed by atoms with Crippen molar-refractivity contribution in [2.24, 2.45) is 0 Å². The number of carboxylic acid groups (broad SMARTS) is 1. The molecule has 2 aromatic rings. The van der Waals surface area contributed by atoms with Crippen molar-refractivity contribution >= 4 is 38.4 Å². The summed E-state index contributed by atoms with van der Waals surface area (Å²) >= 11 is 3.55. The Bertz CT molecular complexity index is 674. The largest absolute Gasteiger partial charge is 0.479 e. The van der Waals surface area contributed by atoms with E-state index in [4.69, 9.17) is 9.84 Å². The molecular weight excluding hydrogens is 334 g/mol. The predicted octanol–water partition coefficient (Wildman–Crippen LogP) is 3.65. The summed E-state index contributed by atoms with van der Waals surface area (Å²) in [6.45, 7) is 0.620. The minimum Gasteiger partial charge on any atom is -0.479 e. The molecule has 2 atom stereocenters. The molecule has 21 heavy (non-hydrogen) atoms. The minimum atomic E-state index is -0.869. The number of ether oxygens (including phenoxy) is 1. The second-order valence-electron chi connectivity index (χ2n) is 5.18. The van der Waals surface area contributed by atoms with E-state index in [1.807, 2.05) is 24.3 Å². The van der Waals surface area contributed by atoms with Crippen LogP contribution in [0.5, 0.6) is 0 Å². The smallest absolute Gasteiger partial charge is 0.332 e. The maximum atomic E-state index is 10.9. The number of hydrogen-bond acceptors (Lipinski definition) is 3. The molecule has 0 bridgehead atoms. The van der Waals surface area contributed by atoms with Gasteiger partial charge in [0, 0.05) is 22.1 Å². The van der Waals surface area contributed by atoms with Gasteiger partial charge in [-0.15, -0.1) is 0 Å². The van der Waals surface area contributed by atoms with Gasteiger partial charge in [0.05, 0.1) is 6.10 Å². The maximum absolute atomic E-state index is 10.9. The number of benzene rings is 2. The van der Waals surface area contributed by atoms with Gasteiger partial charge in [0.25, 0.3) is 0 Å². The molecule has 1 saturated heterocycles. The van der Waals surface area contributed by atoms with Gasteiger partial charge in [-0.3, -0.25) is 0 Å². The van der Waals surface area contributed by atoms with Crippen molar-refractivity contribution in [1.29, 1.82) is 0 Å². The molecule has 2 unspecified atom stereocenters. The van der Waals surface area contributed by atoms with Crippen molar-refractivity contribution in [1.82, 2.24) is 0 Å². The summed E-state index contributed by atoms with van der Waals surface area (Å²) in [5.74, 6) is -0.869. The summed E-state index contributed by atoms with van der Waals surface area (Å²) in [4.78, 5) is 10.9. The molecule has 1 aliphatic heterocycles. The Hall–Kier alpha value is -1.59. The molecule has 2 aromatic carbocycles. The highest BCUT2D eigenvalue weighted by Crippen LogP contribution is 2.30. The van der Waals surface area contributed by atoms with E-state index in [0.717, 1.165) is 27.4 Å². The molecule has 1 heterocycles. The molecule has 0 amide bonds. The number of anilines is 1. The van der Waals surface area contributed by atoms with Crippen LogP contribution in [0, 0.1) is 0 Å². The van der Waals surface area contributed by atoms with Crippen LogP contribution in [0.2, 0.25) is 0 Å². The molecule has 0 radical (unpaired) electrons. The van der Waals surface area contributed by atoms with Crippen molar-refractivity contribution in [2.75, 3.05) is 11.9 Å². The molecule has 0 saturated carbocycles. The first-order valence-electron chi connectivity index (χ1n) is 6.94. The maximum Gasteiger partial charge on any atom is 0.332 e. The number of carboxylic acids is 1. The molecule has 110 valence electrons. The Morgan fingerprint density at radius 2 is 2.00 bits per heavy atom. The monoisotopic (exact) mass is 349 g/mol. The second kappa shape index (κ2) is 6.03. The Morgan fingerprint density at radius 3 is 2.71 bits per heavy atom. The first-order valence-corrected chi connectivity index (χ1v) is 7.74. The van der Waals surface area contributed by atoms with Crippen LogP contribution < -0.4 is 5.32 Å². The van der Waals surface area contributed by atoms with Gasteiger partial charge in [0.1, 0.15) is 0 Å². The molecule has 1 aliphatic rings. The van der Waals surface area contributed by atoms with E-state index in [-0.39, 0.29) is 6.10 Å². The minimum absolute atomic E-state index is 0.0477. The van der Waals surface area contributed by atoms with E-state index >= 15 is 0 Å². The van der Waals surface area contributed by atoms with Crippen LogP contribution >= 0.6 is 15.9 Å². The van der Waals surface area contributed by atoms with Gasteiger partial charge >= 0.3 is 5.97 Å². The zero-order valence-electron chi connectivity index (χ0n) is 11.4. The van der Waals surface area contributed by atoms with E-state index in [9.17, 15) is 4.79 Å². The standard InChI is InChI=1S/C16H16BrNO3/c17-13-6-7-14(12-4-2-1-3-11(12)13)18-9-10-5-8-15(21-10)16(19)20/h1-4,6-7,10,15,18H,5,8-9H2,(H,19,20). The van der Waals surface area contributed by atoms with Crippen LogP contribution in [0.1, 0.15) is 12.8 Å². The summed E-state index contributed by atoms with van der Waals surface area (Å²) in [5.41, 5.74) is 1.04. The van der Waals surface area contributed by atoms with Crippen LogP contribution in [0.3, 0.4) is 0 Å². The van der Waals surface area contributed by atoms with E-state index < -0.39 is 12.1 Å². The fourth-order valence-corrected chi connectivity index (χ4v) is 3.16. The number of hydrogen-bond donors (Lipinski definition) is 2. The third-order valence-electron chi connectivity index (χ3n) is 3.77. The molecule has 0 aliphatic carbocycles. The molecule has 0 spiro atoms. The number of aliphatic carboxylic acids is 1. The average Bonchev–Trinajstić information content (AvgIpc) is 2.96. The van der Waals surface area contributed by atoms with Crippen LogP contribution in [-0.4, -0.2) is 29.8 Å². The quantitative estimate of drug-likeness (QED) is 0.884. The Kier molecular flexibility index (Phi) is 4.12. The van der Waals surface area contributed by atoms with Gasteiger partial charge in [-0.25, -0.2) is 4.79 Å². The fraction of sp³-hybridized carbons (Fsp3) is 0.312. The van der Waals surface area contributed by atoms with E-state index in [1.54, 1.807) is 0 Å². The van der Waals surface area contributed by atoms with Gasteiger partial charge < -0.3 is 15.2 Å². The molecular formula is C16H16BrNO3. The first-order chi connectivity index (χ1) is 10.1. The lowest BCUT2D eigenvalue weighted by atomic mass is 10.1. The van der Waals surface area contributed by atoms with Gasteiger partial charge in [-0.2, -0.15) is 0 Å². The summed E-state index contributed by atoms with van der Waals surface area (Å²) < 4.78 is 6.57. The zero-order chi connectivity index (χ0) is 14.8. The number of nitrogens with one attached hydrogen (secondary N) is 1. The predicted molar refractivity (Wildman–Crippen MR) is 85.7 cm³/mol. The average molecular weight is 350 g/mol. The summed E-state index contributed by atoms with van der Waals surface area (Å²) in [7, 11) is 0. The van der Waals surface area contributed by atoms with E-state index in [0.29, 0.717) is 13.0 Å². The lowest BCUT2D eigenvalue weighted by Crippen LogP contribution is -2.24. The lowest BCUT2D eigenvalue weighted by Gasteiger charge is -2.15. The Labute approximate surface area is 131 Å². The van der Waals surface area contributed by atoms with Crippen molar-refractivity contribution in [3.05, 3.63) is 40.9 Å². The van der Waals surface area contributed by atoms with Gasteiger partial charge in [-0.05, 0) is 30.4 Å². The molecule has 2 N–H and O–H groups in total. The molecule has 4 nitrogen and oxygen atoms in total. The van der Waals surface area contributed by atoms with Gasteiger partial charge in [0.15, 0.2) is 6.10 Å². The molecule has 5 heteroatoms. The Morgan fingerprint density at radius 1 is 1.24 bits per heavy atom. The van der Waals surface area contributed by atoms with Gasteiger partial charge in [-0.1, -0.05) is 40.2 Å². The van der Waals surface area contributed by atoms with Crippen LogP contribution in [0.25, 0.3) is 10.8 Å². The third kappa shape index (κ3) is 3.04.